The molecule has 0 fully saturated rings. The monoisotopic (exact) mass is 297 g/mol. The Morgan fingerprint density at radius 2 is 2.10 bits per heavy atom. The molecule has 0 radical (unpaired) electrons. The molecule has 21 heavy (non-hydrogen) atoms. The van der Waals surface area contributed by atoms with Gasteiger partial charge in [-0.1, -0.05) is 19.1 Å². The van der Waals surface area contributed by atoms with Crippen LogP contribution in [0.5, 0.6) is 0 Å². The Bertz CT molecular complexity index is 576. The molecule has 0 aliphatic heterocycles. The molecule has 0 amide bonds. The van der Waals surface area contributed by atoms with Crippen LogP contribution in [0.4, 0.5) is 13.2 Å². The lowest BCUT2D eigenvalue weighted by Crippen LogP contribution is -2.17. The third-order valence-electron chi connectivity index (χ3n) is 3.14. The molecule has 6 heteroatoms. The Labute approximate surface area is 121 Å². The number of imidazole rings is 1. The highest BCUT2D eigenvalue weighted by Gasteiger charge is 2.30. The van der Waals surface area contributed by atoms with Crippen molar-refractivity contribution in [2.45, 2.75) is 32.6 Å². The van der Waals surface area contributed by atoms with Gasteiger partial charge in [0.25, 0.3) is 0 Å². The lowest BCUT2D eigenvalue weighted by Gasteiger charge is -2.11. The first-order chi connectivity index (χ1) is 10.0. The molecule has 0 aliphatic rings. The topological polar surface area (TPSA) is 29.9 Å². The predicted octanol–water partition coefficient (Wildman–Crippen LogP) is 3.45. The molecule has 0 spiro atoms. The van der Waals surface area contributed by atoms with Gasteiger partial charge in [0.05, 0.1) is 17.6 Å². The van der Waals surface area contributed by atoms with Gasteiger partial charge in [0.1, 0.15) is 0 Å². The zero-order valence-electron chi connectivity index (χ0n) is 11.8. The molecular weight excluding hydrogens is 279 g/mol. The Balaban J connectivity index is 2.10. The van der Waals surface area contributed by atoms with Crippen LogP contribution >= 0.6 is 0 Å². The highest BCUT2D eigenvalue weighted by Crippen LogP contribution is 2.29. The van der Waals surface area contributed by atoms with E-state index in [1.807, 2.05) is 4.57 Å². The summed E-state index contributed by atoms with van der Waals surface area (Å²) in [4.78, 5) is 4.07. The molecule has 0 bridgehead atoms. The minimum absolute atomic E-state index is 0.382. The molecule has 0 unspecified atom stereocenters. The van der Waals surface area contributed by atoms with Crippen LogP contribution in [-0.2, 0) is 19.3 Å². The van der Waals surface area contributed by atoms with E-state index in [0.717, 1.165) is 24.7 Å². The van der Waals surface area contributed by atoms with Crippen molar-refractivity contribution in [2.75, 3.05) is 6.54 Å². The molecule has 0 atom stereocenters. The number of aromatic nitrogens is 2. The molecule has 1 aromatic carbocycles. The van der Waals surface area contributed by atoms with E-state index >= 15 is 0 Å². The first-order valence-electron chi connectivity index (χ1n) is 6.86. The summed E-state index contributed by atoms with van der Waals surface area (Å²) in [5.74, 6) is 0. The fraction of sp³-hybridized carbons (Fsp3) is 0.400. The SMILES string of the molecule is CCCNCc1cncn1Cc1cccc(C(F)(F)F)c1. The van der Waals surface area contributed by atoms with Gasteiger partial charge in [0.2, 0.25) is 0 Å². The lowest BCUT2D eigenvalue weighted by molar-refractivity contribution is -0.137. The predicted molar refractivity (Wildman–Crippen MR) is 74.8 cm³/mol. The zero-order chi connectivity index (χ0) is 15.3. The maximum Gasteiger partial charge on any atom is 0.416 e. The highest BCUT2D eigenvalue weighted by molar-refractivity contribution is 5.26. The number of hydrogen-bond donors (Lipinski definition) is 1. The fourth-order valence-corrected chi connectivity index (χ4v) is 2.07. The van der Waals surface area contributed by atoms with Crippen LogP contribution in [0.15, 0.2) is 36.8 Å². The number of hydrogen-bond acceptors (Lipinski definition) is 2. The molecule has 3 nitrogen and oxygen atoms in total. The van der Waals surface area contributed by atoms with Crippen molar-refractivity contribution in [3.05, 3.63) is 53.6 Å². The molecular formula is C15H18F3N3. The first kappa shape index (κ1) is 15.6. The van der Waals surface area contributed by atoms with Gasteiger partial charge < -0.3 is 9.88 Å². The van der Waals surface area contributed by atoms with E-state index in [1.165, 1.54) is 12.1 Å². The summed E-state index contributed by atoms with van der Waals surface area (Å²) >= 11 is 0. The fourth-order valence-electron chi connectivity index (χ4n) is 2.07. The van der Waals surface area contributed by atoms with E-state index in [4.69, 9.17) is 0 Å². The normalized spacial score (nSPS) is 11.8. The second-order valence-corrected chi connectivity index (χ2v) is 4.89. The van der Waals surface area contributed by atoms with Crippen LogP contribution in [0.1, 0.15) is 30.2 Å². The Morgan fingerprint density at radius 3 is 2.81 bits per heavy atom. The summed E-state index contributed by atoms with van der Waals surface area (Å²) in [6.07, 6.45) is 0.0950. The van der Waals surface area contributed by atoms with Gasteiger partial charge in [-0.3, -0.25) is 0 Å². The number of nitrogens with zero attached hydrogens (tertiary/aromatic N) is 2. The van der Waals surface area contributed by atoms with Crippen LogP contribution in [0.2, 0.25) is 0 Å². The van der Waals surface area contributed by atoms with Gasteiger partial charge in [-0.05, 0) is 30.7 Å². The number of halogens is 3. The van der Waals surface area contributed by atoms with E-state index < -0.39 is 11.7 Å². The molecule has 0 saturated carbocycles. The molecule has 2 aromatic rings. The van der Waals surface area contributed by atoms with E-state index in [-0.39, 0.29) is 0 Å². The Kier molecular flexibility index (Phi) is 5.01. The summed E-state index contributed by atoms with van der Waals surface area (Å²) in [6.45, 7) is 4.02. The average Bonchev–Trinajstić information content (AvgIpc) is 2.86. The van der Waals surface area contributed by atoms with E-state index in [1.54, 1.807) is 18.6 Å². The lowest BCUT2D eigenvalue weighted by atomic mass is 10.1. The maximum absolute atomic E-state index is 12.7. The van der Waals surface area contributed by atoms with Crippen LogP contribution in [-0.4, -0.2) is 16.1 Å². The van der Waals surface area contributed by atoms with Crippen molar-refractivity contribution in [3.8, 4) is 0 Å². The summed E-state index contributed by atoms with van der Waals surface area (Å²) in [7, 11) is 0. The van der Waals surface area contributed by atoms with E-state index in [0.29, 0.717) is 18.7 Å². The average molecular weight is 297 g/mol. The third kappa shape index (κ3) is 4.32. The van der Waals surface area contributed by atoms with Crippen LogP contribution in [0.25, 0.3) is 0 Å². The molecule has 0 aliphatic carbocycles. The Hall–Kier alpha value is -1.82. The van der Waals surface area contributed by atoms with Crippen molar-refractivity contribution >= 4 is 0 Å². The van der Waals surface area contributed by atoms with Crippen molar-refractivity contribution in [1.29, 1.82) is 0 Å². The van der Waals surface area contributed by atoms with Gasteiger partial charge in [0.15, 0.2) is 0 Å². The summed E-state index contributed by atoms with van der Waals surface area (Å²) < 4.78 is 40.0. The van der Waals surface area contributed by atoms with Gasteiger partial charge >= 0.3 is 6.18 Å². The second-order valence-electron chi connectivity index (χ2n) is 4.89. The van der Waals surface area contributed by atoms with Crippen molar-refractivity contribution in [1.82, 2.24) is 14.9 Å². The van der Waals surface area contributed by atoms with E-state index in [2.05, 4.69) is 17.2 Å². The molecule has 2 rings (SSSR count). The number of benzene rings is 1. The standard InChI is InChI=1S/C15H18F3N3/c1-2-6-19-8-14-9-20-11-21(14)10-12-4-3-5-13(7-12)15(16,17)18/h3-5,7,9,11,19H,2,6,8,10H2,1H3. The molecule has 0 saturated heterocycles. The number of nitrogens with one attached hydrogen (secondary N) is 1. The van der Waals surface area contributed by atoms with Crippen LogP contribution in [0.3, 0.4) is 0 Å². The second kappa shape index (κ2) is 6.76. The van der Waals surface area contributed by atoms with Crippen LogP contribution in [0, 0.1) is 0 Å². The third-order valence-corrected chi connectivity index (χ3v) is 3.14. The number of rotatable bonds is 6. The largest absolute Gasteiger partial charge is 0.416 e. The van der Waals surface area contributed by atoms with Crippen molar-refractivity contribution < 1.29 is 13.2 Å². The first-order valence-corrected chi connectivity index (χ1v) is 6.86. The molecule has 1 aromatic heterocycles. The maximum atomic E-state index is 12.7. The molecule has 1 N–H and O–H groups in total. The van der Waals surface area contributed by atoms with Gasteiger partial charge in [-0.25, -0.2) is 4.98 Å². The van der Waals surface area contributed by atoms with E-state index in [9.17, 15) is 13.2 Å². The Morgan fingerprint density at radius 1 is 1.29 bits per heavy atom. The summed E-state index contributed by atoms with van der Waals surface area (Å²) in [5, 5.41) is 3.26. The zero-order valence-corrected chi connectivity index (χ0v) is 11.8. The van der Waals surface area contributed by atoms with Gasteiger partial charge in [0, 0.05) is 19.3 Å². The van der Waals surface area contributed by atoms with Gasteiger partial charge in [-0.15, -0.1) is 0 Å². The minimum atomic E-state index is -4.31. The summed E-state index contributed by atoms with van der Waals surface area (Å²) in [5.41, 5.74) is 0.950. The number of alkyl halides is 3. The molecule has 114 valence electrons. The highest BCUT2D eigenvalue weighted by atomic mass is 19.4. The molecule has 1 heterocycles. The minimum Gasteiger partial charge on any atom is -0.329 e. The van der Waals surface area contributed by atoms with Gasteiger partial charge in [-0.2, -0.15) is 13.2 Å². The smallest absolute Gasteiger partial charge is 0.329 e. The quantitative estimate of drug-likeness (QED) is 0.828. The van der Waals surface area contributed by atoms with Crippen molar-refractivity contribution in [2.24, 2.45) is 0 Å². The van der Waals surface area contributed by atoms with Crippen molar-refractivity contribution in [3.63, 3.8) is 0 Å². The summed E-state index contributed by atoms with van der Waals surface area (Å²) in [6, 6.07) is 5.40. The van der Waals surface area contributed by atoms with Crippen LogP contribution < -0.4 is 5.32 Å².